The number of amides is 1. The van der Waals surface area contributed by atoms with Crippen LogP contribution >= 0.6 is 11.3 Å². The molecule has 0 fully saturated rings. The van der Waals surface area contributed by atoms with Crippen molar-refractivity contribution >= 4 is 22.9 Å². The molecule has 4 rings (SSSR count). The number of thiophene rings is 1. The maximum Gasteiger partial charge on any atom is 0.238 e. The largest absolute Gasteiger partial charge is 0.491 e. The summed E-state index contributed by atoms with van der Waals surface area (Å²) in [5.41, 5.74) is 3.29. The zero-order valence-electron chi connectivity index (χ0n) is 16.6. The van der Waals surface area contributed by atoms with E-state index >= 15 is 0 Å². The Morgan fingerprint density at radius 1 is 1.14 bits per heavy atom. The SMILES string of the molecule is CCCOc1ccccc1NC(=O)CN1CCc2sccc2[C@@H]1c1ccccc1. The highest BCUT2D eigenvalue weighted by molar-refractivity contribution is 7.10. The second kappa shape index (κ2) is 9.25. The predicted molar refractivity (Wildman–Crippen MR) is 119 cm³/mol. The van der Waals surface area contributed by atoms with E-state index in [1.54, 1.807) is 0 Å². The molecule has 1 amide bonds. The Morgan fingerprint density at radius 3 is 2.76 bits per heavy atom. The lowest BCUT2D eigenvalue weighted by atomic mass is 9.93. The number of nitrogens with one attached hydrogen (secondary N) is 1. The van der Waals surface area contributed by atoms with Crippen LogP contribution in [0.25, 0.3) is 0 Å². The zero-order valence-corrected chi connectivity index (χ0v) is 17.5. The van der Waals surface area contributed by atoms with Crippen LogP contribution in [0.4, 0.5) is 5.69 Å². The molecule has 2 heterocycles. The molecule has 0 aliphatic carbocycles. The van der Waals surface area contributed by atoms with Crippen molar-refractivity contribution in [3.05, 3.63) is 82.0 Å². The van der Waals surface area contributed by atoms with Crippen LogP contribution in [0.3, 0.4) is 0 Å². The number of carbonyl (C=O) groups is 1. The lowest BCUT2D eigenvalue weighted by molar-refractivity contribution is -0.117. The summed E-state index contributed by atoms with van der Waals surface area (Å²) in [6.07, 6.45) is 1.91. The van der Waals surface area contributed by atoms with E-state index in [1.807, 2.05) is 41.7 Å². The third-order valence-electron chi connectivity index (χ3n) is 5.15. The summed E-state index contributed by atoms with van der Waals surface area (Å²) >= 11 is 1.81. The lowest BCUT2D eigenvalue weighted by Gasteiger charge is -2.35. The van der Waals surface area contributed by atoms with Crippen LogP contribution in [0.15, 0.2) is 66.0 Å². The van der Waals surface area contributed by atoms with Gasteiger partial charge in [-0.15, -0.1) is 11.3 Å². The maximum atomic E-state index is 12.9. The highest BCUT2D eigenvalue weighted by Crippen LogP contribution is 2.37. The third kappa shape index (κ3) is 4.52. The first kappa shape index (κ1) is 19.7. The van der Waals surface area contributed by atoms with Crippen molar-refractivity contribution in [2.45, 2.75) is 25.8 Å². The molecule has 1 N–H and O–H groups in total. The van der Waals surface area contributed by atoms with Crippen molar-refractivity contribution in [2.24, 2.45) is 0 Å². The first-order valence-corrected chi connectivity index (χ1v) is 11.0. The number of anilines is 1. The normalized spacial score (nSPS) is 16.2. The fourth-order valence-electron chi connectivity index (χ4n) is 3.85. The van der Waals surface area contributed by atoms with Gasteiger partial charge >= 0.3 is 0 Å². The van der Waals surface area contributed by atoms with Gasteiger partial charge in [-0.05, 0) is 47.5 Å². The second-order valence-corrected chi connectivity index (χ2v) is 8.23. The first-order valence-electron chi connectivity index (χ1n) is 10.1. The van der Waals surface area contributed by atoms with Gasteiger partial charge in [0.05, 0.1) is 24.9 Å². The number of rotatable bonds is 7. The van der Waals surface area contributed by atoms with Gasteiger partial charge in [0.25, 0.3) is 0 Å². The van der Waals surface area contributed by atoms with E-state index in [0.29, 0.717) is 13.2 Å². The second-order valence-electron chi connectivity index (χ2n) is 7.23. The third-order valence-corrected chi connectivity index (χ3v) is 6.15. The van der Waals surface area contributed by atoms with Crippen molar-refractivity contribution < 1.29 is 9.53 Å². The van der Waals surface area contributed by atoms with Gasteiger partial charge in [0.2, 0.25) is 5.91 Å². The number of carbonyl (C=O) groups excluding carboxylic acids is 1. The molecule has 0 radical (unpaired) electrons. The predicted octanol–water partition coefficient (Wildman–Crippen LogP) is 5.12. The zero-order chi connectivity index (χ0) is 20.1. The molecule has 0 unspecified atom stereocenters. The maximum absolute atomic E-state index is 12.9. The highest BCUT2D eigenvalue weighted by Gasteiger charge is 2.30. The average Bonchev–Trinajstić information content (AvgIpc) is 3.22. The minimum Gasteiger partial charge on any atom is -0.491 e. The molecule has 1 aromatic heterocycles. The van der Waals surface area contributed by atoms with Crippen LogP contribution in [-0.4, -0.2) is 30.5 Å². The summed E-state index contributed by atoms with van der Waals surface area (Å²) < 4.78 is 5.78. The molecule has 150 valence electrons. The molecule has 1 aliphatic heterocycles. The van der Waals surface area contributed by atoms with Crippen LogP contribution in [0.5, 0.6) is 5.75 Å². The van der Waals surface area contributed by atoms with Gasteiger partial charge < -0.3 is 10.1 Å². The van der Waals surface area contributed by atoms with Crippen LogP contribution in [-0.2, 0) is 11.2 Å². The summed E-state index contributed by atoms with van der Waals surface area (Å²) in [6, 6.07) is 20.4. The van der Waals surface area contributed by atoms with E-state index in [4.69, 9.17) is 4.74 Å². The molecule has 0 saturated heterocycles. The summed E-state index contributed by atoms with van der Waals surface area (Å²) in [5.74, 6) is 0.707. The van der Waals surface area contributed by atoms with Gasteiger partial charge in [-0.1, -0.05) is 49.4 Å². The van der Waals surface area contributed by atoms with Crippen LogP contribution < -0.4 is 10.1 Å². The quantitative estimate of drug-likeness (QED) is 0.592. The summed E-state index contributed by atoms with van der Waals surface area (Å²) in [7, 11) is 0. The average molecular weight is 407 g/mol. The van der Waals surface area contributed by atoms with Gasteiger partial charge in [0, 0.05) is 11.4 Å². The molecule has 0 spiro atoms. The highest BCUT2D eigenvalue weighted by atomic mass is 32.1. The molecule has 0 bridgehead atoms. The first-order chi connectivity index (χ1) is 14.3. The molecule has 5 heteroatoms. The van der Waals surface area contributed by atoms with Crippen LogP contribution in [0.1, 0.15) is 35.4 Å². The topological polar surface area (TPSA) is 41.6 Å². The van der Waals surface area contributed by atoms with Gasteiger partial charge in [-0.25, -0.2) is 0 Å². The van der Waals surface area contributed by atoms with E-state index in [9.17, 15) is 4.79 Å². The Morgan fingerprint density at radius 2 is 1.93 bits per heavy atom. The van der Waals surface area contributed by atoms with Crippen molar-refractivity contribution in [1.29, 1.82) is 0 Å². The van der Waals surface area contributed by atoms with Crippen LogP contribution in [0, 0.1) is 0 Å². The number of fused-ring (bicyclic) bond motifs is 1. The summed E-state index contributed by atoms with van der Waals surface area (Å²) in [4.78, 5) is 16.6. The van der Waals surface area contributed by atoms with Crippen molar-refractivity contribution in [3.63, 3.8) is 0 Å². The van der Waals surface area contributed by atoms with E-state index < -0.39 is 0 Å². The summed E-state index contributed by atoms with van der Waals surface area (Å²) in [5, 5.41) is 5.21. The van der Waals surface area contributed by atoms with E-state index in [2.05, 4.69) is 52.9 Å². The molecule has 4 nitrogen and oxygen atoms in total. The molecule has 0 saturated carbocycles. The number of ether oxygens (including phenoxy) is 1. The Labute approximate surface area is 176 Å². The monoisotopic (exact) mass is 406 g/mol. The lowest BCUT2D eigenvalue weighted by Crippen LogP contribution is -2.40. The molecule has 1 aliphatic rings. The molecular formula is C24H26N2O2S. The number of hydrogen-bond acceptors (Lipinski definition) is 4. The molecule has 29 heavy (non-hydrogen) atoms. The fourth-order valence-corrected chi connectivity index (χ4v) is 4.75. The van der Waals surface area contributed by atoms with Crippen molar-refractivity contribution in [3.8, 4) is 5.75 Å². The summed E-state index contributed by atoms with van der Waals surface area (Å²) in [6.45, 7) is 3.92. The smallest absolute Gasteiger partial charge is 0.238 e. The molecule has 1 atom stereocenters. The standard InChI is InChI=1S/C24H26N2O2S/c1-2-15-28-21-11-7-6-10-20(21)25-23(27)17-26-14-12-22-19(13-16-29-22)24(26)18-8-4-3-5-9-18/h3-11,13,16,24H,2,12,14-15,17H2,1H3,(H,25,27)/t24-/m0/s1. The van der Waals surface area contributed by atoms with Gasteiger partial charge in [0.15, 0.2) is 0 Å². The Bertz CT molecular complexity index is 954. The number of nitrogens with zero attached hydrogens (tertiary/aromatic N) is 1. The Balaban J connectivity index is 1.52. The molecular weight excluding hydrogens is 380 g/mol. The van der Waals surface area contributed by atoms with E-state index in [-0.39, 0.29) is 11.9 Å². The number of hydrogen-bond donors (Lipinski definition) is 1. The fraction of sp³-hybridized carbons (Fsp3) is 0.292. The van der Waals surface area contributed by atoms with Crippen LogP contribution in [0.2, 0.25) is 0 Å². The van der Waals surface area contributed by atoms with E-state index in [0.717, 1.165) is 30.8 Å². The number of benzene rings is 2. The molecule has 2 aromatic carbocycles. The van der Waals surface area contributed by atoms with Gasteiger partial charge in [-0.2, -0.15) is 0 Å². The van der Waals surface area contributed by atoms with Gasteiger partial charge in [0.1, 0.15) is 5.75 Å². The Kier molecular flexibility index (Phi) is 6.27. The molecule has 3 aromatic rings. The van der Waals surface area contributed by atoms with Crippen molar-refractivity contribution in [2.75, 3.05) is 25.0 Å². The number of para-hydroxylation sites is 2. The Hall–Kier alpha value is -2.63. The minimum atomic E-state index is -0.0165. The minimum absolute atomic E-state index is 0.0165. The van der Waals surface area contributed by atoms with E-state index in [1.165, 1.54) is 16.0 Å². The van der Waals surface area contributed by atoms with Gasteiger partial charge in [-0.3, -0.25) is 9.69 Å². The van der Waals surface area contributed by atoms with Crippen molar-refractivity contribution in [1.82, 2.24) is 4.90 Å².